The molecule has 6 nitrogen and oxygen atoms in total. The fourth-order valence-electron chi connectivity index (χ4n) is 2.35. The second-order valence-electron chi connectivity index (χ2n) is 5.95. The molecule has 0 radical (unpaired) electrons. The first-order chi connectivity index (χ1) is 12.5. The van der Waals surface area contributed by atoms with Crippen molar-refractivity contribution in [2.45, 2.75) is 26.5 Å². The lowest BCUT2D eigenvalue weighted by Gasteiger charge is -2.25. The summed E-state index contributed by atoms with van der Waals surface area (Å²) in [7, 11) is 0. The molecule has 7 heteroatoms. The van der Waals surface area contributed by atoms with Crippen molar-refractivity contribution in [3.8, 4) is 6.08 Å². The number of hydrogen-bond acceptors (Lipinski definition) is 5. The molecule has 3 rings (SSSR count). The van der Waals surface area contributed by atoms with Gasteiger partial charge in [-0.05, 0) is 31.5 Å². The van der Waals surface area contributed by atoms with Gasteiger partial charge in [-0.2, -0.15) is 4.98 Å². The molecule has 0 N–H and O–H groups in total. The van der Waals surface area contributed by atoms with Crippen molar-refractivity contribution in [3.63, 3.8) is 0 Å². The van der Waals surface area contributed by atoms with Crippen LogP contribution in [-0.4, -0.2) is 28.6 Å². The van der Waals surface area contributed by atoms with Crippen LogP contribution >= 0.6 is 11.6 Å². The number of amides is 1. The first-order valence-electron chi connectivity index (χ1n) is 8.20. The molecule has 0 unspecified atom stereocenters. The van der Waals surface area contributed by atoms with Gasteiger partial charge in [-0.1, -0.05) is 41.9 Å². The maximum atomic E-state index is 12.4. The normalized spacial score (nSPS) is 11.1. The maximum Gasteiger partial charge on any atom is 0.395 e. The number of nitrogens with zero attached hydrogens (tertiary/aromatic N) is 2. The number of oxazole rings is 1. The Hall–Kier alpha value is -2.57. The molecule has 0 saturated carbocycles. The summed E-state index contributed by atoms with van der Waals surface area (Å²) < 4.78 is 10.8. The molecule has 3 aromatic rings. The highest BCUT2D eigenvalue weighted by Crippen LogP contribution is 2.23. The van der Waals surface area contributed by atoms with Gasteiger partial charge in [0, 0.05) is 11.1 Å². The van der Waals surface area contributed by atoms with Crippen molar-refractivity contribution < 1.29 is 18.8 Å². The van der Waals surface area contributed by atoms with Gasteiger partial charge in [0.2, 0.25) is 0 Å². The van der Waals surface area contributed by atoms with E-state index in [-0.39, 0.29) is 24.6 Å². The van der Waals surface area contributed by atoms with Crippen molar-refractivity contribution >= 4 is 28.6 Å². The van der Waals surface area contributed by atoms with Gasteiger partial charge >= 0.3 is 6.08 Å². The molecule has 136 valence electrons. The summed E-state index contributed by atoms with van der Waals surface area (Å²) >= 11 is 5.91. The van der Waals surface area contributed by atoms with Crippen LogP contribution in [0.5, 0.6) is 6.08 Å². The maximum absolute atomic E-state index is 12.4. The van der Waals surface area contributed by atoms with E-state index in [4.69, 9.17) is 25.6 Å². The third-order valence-corrected chi connectivity index (χ3v) is 3.81. The number of carbonyl (C=O) groups is 1. The highest BCUT2D eigenvalue weighted by Gasteiger charge is 2.20. The Morgan fingerprint density at radius 2 is 2.00 bits per heavy atom. The molecule has 1 heterocycles. The number of hydrogen-bond donors (Lipinski definition) is 0. The third-order valence-electron chi connectivity index (χ3n) is 3.58. The van der Waals surface area contributed by atoms with Crippen molar-refractivity contribution in [2.24, 2.45) is 0 Å². The van der Waals surface area contributed by atoms with Crippen LogP contribution in [0.3, 0.4) is 0 Å². The Labute approximate surface area is 156 Å². The fraction of sp³-hybridized carbons (Fsp3) is 0.263. The van der Waals surface area contributed by atoms with E-state index >= 15 is 0 Å². The Kier molecular flexibility index (Phi) is 5.75. The lowest BCUT2D eigenvalue weighted by Crippen LogP contribution is -2.39. The number of rotatable bonds is 7. The zero-order valence-electron chi connectivity index (χ0n) is 14.5. The van der Waals surface area contributed by atoms with Crippen LogP contribution in [0.2, 0.25) is 5.02 Å². The minimum Gasteiger partial charge on any atom is -0.440 e. The molecule has 2 aromatic carbocycles. The summed E-state index contributed by atoms with van der Waals surface area (Å²) in [5.41, 5.74) is 2.08. The van der Waals surface area contributed by atoms with E-state index in [1.807, 2.05) is 44.2 Å². The van der Waals surface area contributed by atoms with Gasteiger partial charge in [-0.25, -0.2) is 5.06 Å². The van der Waals surface area contributed by atoms with Gasteiger partial charge in [-0.3, -0.25) is 9.63 Å². The number of benzene rings is 2. The average molecular weight is 375 g/mol. The second kappa shape index (κ2) is 8.21. The highest BCUT2D eigenvalue weighted by molar-refractivity contribution is 6.31. The topological polar surface area (TPSA) is 64.8 Å². The summed E-state index contributed by atoms with van der Waals surface area (Å²) in [5, 5.41) is 1.84. The molecular weight excluding hydrogens is 356 g/mol. The van der Waals surface area contributed by atoms with Crippen molar-refractivity contribution in [2.75, 3.05) is 6.61 Å². The summed E-state index contributed by atoms with van der Waals surface area (Å²) in [5.74, 6) is -0.323. The second-order valence-corrected chi connectivity index (χ2v) is 6.39. The molecule has 0 bridgehead atoms. The van der Waals surface area contributed by atoms with Gasteiger partial charge < -0.3 is 9.15 Å². The zero-order chi connectivity index (χ0) is 18.5. The molecule has 0 aliphatic rings. The molecule has 26 heavy (non-hydrogen) atoms. The largest absolute Gasteiger partial charge is 0.440 e. The first-order valence-corrected chi connectivity index (χ1v) is 8.58. The van der Waals surface area contributed by atoms with Crippen LogP contribution in [0.4, 0.5) is 0 Å². The van der Waals surface area contributed by atoms with E-state index in [0.29, 0.717) is 22.7 Å². The highest BCUT2D eigenvalue weighted by atomic mass is 35.5. The summed E-state index contributed by atoms with van der Waals surface area (Å²) in [4.78, 5) is 22.2. The quantitative estimate of drug-likeness (QED) is 0.579. The van der Waals surface area contributed by atoms with Gasteiger partial charge in [0.25, 0.3) is 5.91 Å². The van der Waals surface area contributed by atoms with Crippen LogP contribution in [0.15, 0.2) is 52.9 Å². The number of ether oxygens (including phenoxy) is 1. The van der Waals surface area contributed by atoms with E-state index in [1.165, 1.54) is 5.06 Å². The SMILES string of the molecule is CC(C)N(OCc1ccccc1)C(=O)COc1nc2ccc(Cl)cc2o1. The Morgan fingerprint density at radius 1 is 1.23 bits per heavy atom. The molecule has 0 aliphatic carbocycles. The lowest BCUT2D eigenvalue weighted by atomic mass is 10.2. The van der Waals surface area contributed by atoms with Crippen LogP contribution in [0, 0.1) is 0 Å². The zero-order valence-corrected chi connectivity index (χ0v) is 15.3. The summed E-state index contributed by atoms with van der Waals surface area (Å²) in [6, 6.07) is 14.6. The molecule has 0 atom stereocenters. The van der Waals surface area contributed by atoms with Crippen molar-refractivity contribution in [1.29, 1.82) is 0 Å². The van der Waals surface area contributed by atoms with Crippen molar-refractivity contribution in [3.05, 3.63) is 59.1 Å². The smallest absolute Gasteiger partial charge is 0.395 e. The van der Waals surface area contributed by atoms with Gasteiger partial charge in [0.1, 0.15) is 12.1 Å². The number of fused-ring (bicyclic) bond motifs is 1. The standard InChI is InChI=1S/C19H19ClN2O4/c1-13(2)22(25-11-14-6-4-3-5-7-14)18(23)12-24-19-21-16-9-8-15(20)10-17(16)26-19/h3-10,13H,11-12H2,1-2H3. The van der Waals surface area contributed by atoms with Crippen LogP contribution < -0.4 is 4.74 Å². The predicted molar refractivity (Wildman–Crippen MR) is 97.7 cm³/mol. The fourth-order valence-corrected chi connectivity index (χ4v) is 2.52. The average Bonchev–Trinajstić information content (AvgIpc) is 3.02. The Morgan fingerprint density at radius 3 is 2.73 bits per heavy atom. The number of halogens is 1. The molecule has 0 fully saturated rings. The molecular formula is C19H19ClN2O4. The first kappa shape index (κ1) is 18.2. The van der Waals surface area contributed by atoms with Crippen molar-refractivity contribution in [1.82, 2.24) is 10.0 Å². The molecule has 1 aromatic heterocycles. The van der Waals surface area contributed by atoms with E-state index < -0.39 is 0 Å². The Bertz CT molecular complexity index is 880. The molecule has 0 saturated heterocycles. The number of aromatic nitrogens is 1. The Balaban J connectivity index is 1.60. The van der Waals surface area contributed by atoms with Crippen LogP contribution in [0.25, 0.3) is 11.1 Å². The number of carbonyl (C=O) groups excluding carboxylic acids is 1. The summed E-state index contributed by atoms with van der Waals surface area (Å²) in [6.07, 6.45) is 0.0161. The lowest BCUT2D eigenvalue weighted by molar-refractivity contribution is -0.204. The molecule has 0 spiro atoms. The van der Waals surface area contributed by atoms with Gasteiger partial charge in [0.05, 0.1) is 6.04 Å². The minimum absolute atomic E-state index is 0.0161. The van der Waals surface area contributed by atoms with E-state index in [1.54, 1.807) is 18.2 Å². The molecule has 0 aliphatic heterocycles. The van der Waals surface area contributed by atoms with E-state index in [0.717, 1.165) is 5.56 Å². The van der Waals surface area contributed by atoms with Crippen LogP contribution in [0.1, 0.15) is 19.4 Å². The van der Waals surface area contributed by atoms with E-state index in [9.17, 15) is 4.79 Å². The van der Waals surface area contributed by atoms with Crippen LogP contribution in [-0.2, 0) is 16.2 Å². The summed E-state index contributed by atoms with van der Waals surface area (Å²) in [6.45, 7) is 3.79. The monoisotopic (exact) mass is 374 g/mol. The minimum atomic E-state index is -0.323. The predicted octanol–water partition coefficient (Wildman–Crippen LogP) is 4.23. The van der Waals surface area contributed by atoms with Gasteiger partial charge in [-0.15, -0.1) is 0 Å². The molecule has 1 amide bonds. The third kappa shape index (κ3) is 4.53. The van der Waals surface area contributed by atoms with Gasteiger partial charge in [0.15, 0.2) is 12.2 Å². The van der Waals surface area contributed by atoms with E-state index in [2.05, 4.69) is 4.98 Å². The number of hydroxylamine groups is 2.